The number of esters is 1. The molecule has 1 heterocycles. The average molecular weight is 271 g/mol. The summed E-state index contributed by atoms with van der Waals surface area (Å²) in [5, 5.41) is 2.80. The molecule has 0 saturated carbocycles. The number of carbonyl (C=O) groups excluding carboxylic acids is 2. The largest absolute Gasteiger partial charge is 0.467 e. The SMILES string of the molecule is CC[C@@H](C)[C@H](NC(=O)N1CCN(C)CC1)C(=O)OC. The Morgan fingerprint density at radius 2 is 1.84 bits per heavy atom. The van der Waals surface area contributed by atoms with Gasteiger partial charge >= 0.3 is 12.0 Å². The van der Waals surface area contributed by atoms with Gasteiger partial charge in [-0.15, -0.1) is 0 Å². The molecule has 19 heavy (non-hydrogen) atoms. The van der Waals surface area contributed by atoms with E-state index in [4.69, 9.17) is 4.74 Å². The summed E-state index contributed by atoms with van der Waals surface area (Å²) in [4.78, 5) is 27.8. The van der Waals surface area contributed by atoms with Crippen LogP contribution in [0.4, 0.5) is 4.79 Å². The second-order valence-electron chi connectivity index (χ2n) is 5.13. The van der Waals surface area contributed by atoms with E-state index in [0.29, 0.717) is 13.1 Å². The van der Waals surface area contributed by atoms with Crippen molar-refractivity contribution >= 4 is 12.0 Å². The first-order valence-electron chi connectivity index (χ1n) is 6.81. The van der Waals surface area contributed by atoms with Gasteiger partial charge in [0.2, 0.25) is 0 Å². The first-order valence-corrected chi connectivity index (χ1v) is 6.81. The van der Waals surface area contributed by atoms with Crippen LogP contribution in [0.3, 0.4) is 0 Å². The van der Waals surface area contributed by atoms with Gasteiger partial charge in [-0.05, 0) is 13.0 Å². The van der Waals surface area contributed by atoms with E-state index < -0.39 is 6.04 Å². The van der Waals surface area contributed by atoms with Crippen molar-refractivity contribution in [1.82, 2.24) is 15.1 Å². The van der Waals surface area contributed by atoms with Gasteiger partial charge in [-0.1, -0.05) is 20.3 Å². The topological polar surface area (TPSA) is 61.9 Å². The molecule has 0 aliphatic carbocycles. The fourth-order valence-corrected chi connectivity index (χ4v) is 2.03. The molecule has 0 unspecified atom stereocenters. The highest BCUT2D eigenvalue weighted by Crippen LogP contribution is 2.10. The summed E-state index contributed by atoms with van der Waals surface area (Å²) in [6, 6.07) is -0.744. The molecule has 2 atom stereocenters. The van der Waals surface area contributed by atoms with E-state index in [1.807, 2.05) is 20.9 Å². The van der Waals surface area contributed by atoms with Crippen molar-refractivity contribution in [3.8, 4) is 0 Å². The lowest BCUT2D eigenvalue weighted by molar-refractivity contribution is -0.144. The van der Waals surface area contributed by atoms with Crippen LogP contribution in [0.2, 0.25) is 0 Å². The number of ether oxygens (including phenoxy) is 1. The normalized spacial score (nSPS) is 19.7. The number of hydrogen-bond donors (Lipinski definition) is 1. The van der Waals surface area contributed by atoms with Gasteiger partial charge in [0.05, 0.1) is 7.11 Å². The lowest BCUT2D eigenvalue weighted by atomic mass is 9.99. The number of hydrogen-bond acceptors (Lipinski definition) is 4. The van der Waals surface area contributed by atoms with Crippen molar-refractivity contribution in [2.45, 2.75) is 26.3 Å². The highest BCUT2D eigenvalue weighted by atomic mass is 16.5. The number of likely N-dealkylation sites (N-methyl/N-ethyl adjacent to an activating group) is 1. The van der Waals surface area contributed by atoms with Crippen LogP contribution >= 0.6 is 0 Å². The van der Waals surface area contributed by atoms with Gasteiger partial charge in [0.25, 0.3) is 0 Å². The number of nitrogens with zero attached hydrogens (tertiary/aromatic N) is 2. The zero-order valence-electron chi connectivity index (χ0n) is 12.3. The molecule has 2 amide bonds. The van der Waals surface area contributed by atoms with Crippen molar-refractivity contribution in [1.29, 1.82) is 0 Å². The van der Waals surface area contributed by atoms with Crippen LogP contribution in [0, 0.1) is 5.92 Å². The molecule has 6 nitrogen and oxygen atoms in total. The molecule has 0 radical (unpaired) electrons. The molecule has 0 aromatic heterocycles. The van der Waals surface area contributed by atoms with E-state index in [-0.39, 0.29) is 17.9 Å². The summed E-state index contributed by atoms with van der Waals surface area (Å²) in [7, 11) is 3.38. The average Bonchev–Trinajstić information content (AvgIpc) is 2.43. The van der Waals surface area contributed by atoms with E-state index >= 15 is 0 Å². The molecule has 1 aliphatic heterocycles. The second-order valence-corrected chi connectivity index (χ2v) is 5.13. The molecule has 1 saturated heterocycles. The Morgan fingerprint density at radius 1 is 1.26 bits per heavy atom. The Bertz CT molecular complexity index is 314. The Morgan fingerprint density at radius 3 is 2.32 bits per heavy atom. The van der Waals surface area contributed by atoms with Crippen LogP contribution in [0.5, 0.6) is 0 Å². The molecule has 1 fully saturated rings. The smallest absolute Gasteiger partial charge is 0.328 e. The zero-order chi connectivity index (χ0) is 14.4. The Kier molecular flexibility index (Phi) is 6.08. The maximum Gasteiger partial charge on any atom is 0.328 e. The lowest BCUT2D eigenvalue weighted by Crippen LogP contribution is -2.55. The zero-order valence-corrected chi connectivity index (χ0v) is 12.3. The molecule has 0 aromatic rings. The number of amides is 2. The van der Waals surface area contributed by atoms with Crippen molar-refractivity contribution in [3.05, 3.63) is 0 Å². The molecular weight excluding hydrogens is 246 g/mol. The maximum absolute atomic E-state index is 12.1. The summed E-state index contributed by atoms with van der Waals surface area (Å²) in [6.45, 7) is 7.03. The van der Waals surface area contributed by atoms with E-state index in [1.54, 1.807) is 4.90 Å². The third-order valence-corrected chi connectivity index (χ3v) is 3.74. The predicted molar refractivity (Wildman–Crippen MR) is 72.9 cm³/mol. The molecule has 1 rings (SSSR count). The molecule has 0 aromatic carbocycles. The molecule has 1 N–H and O–H groups in total. The molecular formula is C13H25N3O3. The first-order chi connectivity index (χ1) is 8.99. The van der Waals surface area contributed by atoms with E-state index in [2.05, 4.69) is 10.2 Å². The quantitative estimate of drug-likeness (QED) is 0.758. The van der Waals surface area contributed by atoms with Gasteiger partial charge in [0.15, 0.2) is 0 Å². The van der Waals surface area contributed by atoms with Crippen molar-refractivity contribution < 1.29 is 14.3 Å². The summed E-state index contributed by atoms with van der Waals surface area (Å²) < 4.78 is 4.76. The summed E-state index contributed by atoms with van der Waals surface area (Å²) in [5.74, 6) is -0.319. The van der Waals surface area contributed by atoms with Crippen LogP contribution in [0.1, 0.15) is 20.3 Å². The van der Waals surface area contributed by atoms with Crippen LogP contribution in [0.25, 0.3) is 0 Å². The summed E-state index contributed by atoms with van der Waals surface area (Å²) in [5.41, 5.74) is 0. The van der Waals surface area contributed by atoms with E-state index in [9.17, 15) is 9.59 Å². The first kappa shape index (κ1) is 15.8. The third-order valence-electron chi connectivity index (χ3n) is 3.74. The van der Waals surface area contributed by atoms with Crippen LogP contribution in [0.15, 0.2) is 0 Å². The van der Waals surface area contributed by atoms with Gasteiger partial charge in [0.1, 0.15) is 6.04 Å². The van der Waals surface area contributed by atoms with Crippen LogP contribution < -0.4 is 5.32 Å². The van der Waals surface area contributed by atoms with Crippen LogP contribution in [-0.2, 0) is 9.53 Å². The second kappa shape index (κ2) is 7.33. The minimum Gasteiger partial charge on any atom is -0.467 e. The predicted octanol–water partition coefficient (Wildman–Crippen LogP) is 0.531. The Labute approximate surface area is 115 Å². The fraction of sp³-hybridized carbons (Fsp3) is 0.846. The number of carbonyl (C=O) groups is 2. The summed E-state index contributed by atoms with van der Waals surface area (Å²) >= 11 is 0. The van der Waals surface area contributed by atoms with Gasteiger partial charge in [-0.2, -0.15) is 0 Å². The van der Waals surface area contributed by atoms with E-state index in [1.165, 1.54) is 7.11 Å². The van der Waals surface area contributed by atoms with Crippen LogP contribution in [-0.4, -0.2) is 68.2 Å². The van der Waals surface area contributed by atoms with E-state index in [0.717, 1.165) is 19.5 Å². The highest BCUT2D eigenvalue weighted by Gasteiger charge is 2.29. The summed E-state index contributed by atoms with van der Waals surface area (Å²) in [6.07, 6.45) is 0.808. The molecule has 6 heteroatoms. The molecule has 0 bridgehead atoms. The maximum atomic E-state index is 12.1. The minimum atomic E-state index is -0.567. The van der Waals surface area contributed by atoms with Gasteiger partial charge in [0, 0.05) is 26.2 Å². The fourth-order valence-electron chi connectivity index (χ4n) is 2.03. The van der Waals surface area contributed by atoms with Crippen molar-refractivity contribution in [2.24, 2.45) is 5.92 Å². The van der Waals surface area contributed by atoms with Gasteiger partial charge < -0.3 is 19.9 Å². The molecule has 0 spiro atoms. The number of urea groups is 1. The number of piperazine rings is 1. The number of methoxy groups -OCH3 is 1. The van der Waals surface area contributed by atoms with Gasteiger partial charge in [-0.25, -0.2) is 9.59 Å². The Hall–Kier alpha value is -1.30. The van der Waals surface area contributed by atoms with Crippen molar-refractivity contribution in [3.63, 3.8) is 0 Å². The monoisotopic (exact) mass is 271 g/mol. The minimum absolute atomic E-state index is 0.0591. The number of rotatable bonds is 4. The van der Waals surface area contributed by atoms with Gasteiger partial charge in [-0.3, -0.25) is 0 Å². The molecule has 1 aliphatic rings. The Balaban J connectivity index is 2.58. The molecule has 110 valence electrons. The highest BCUT2D eigenvalue weighted by molar-refractivity contribution is 5.83. The number of nitrogens with one attached hydrogen (secondary N) is 1. The van der Waals surface area contributed by atoms with Crippen molar-refractivity contribution in [2.75, 3.05) is 40.3 Å². The standard InChI is InChI=1S/C13H25N3O3/c1-5-10(2)11(12(17)19-4)14-13(18)16-8-6-15(3)7-9-16/h10-11H,5-9H2,1-4H3,(H,14,18)/t10-,11+/m1/s1. The lowest BCUT2D eigenvalue weighted by Gasteiger charge is -2.34. The third kappa shape index (κ3) is 4.38.